The average Bonchev–Trinajstić information content (AvgIpc) is 2.57. The summed E-state index contributed by atoms with van der Waals surface area (Å²) in [7, 11) is 0. The van der Waals surface area contributed by atoms with Crippen molar-refractivity contribution >= 4 is 5.91 Å². The second-order valence-electron chi connectivity index (χ2n) is 7.16. The molecule has 1 atom stereocenters. The summed E-state index contributed by atoms with van der Waals surface area (Å²) in [6, 6.07) is 6.72. The zero-order valence-corrected chi connectivity index (χ0v) is 15.3. The zero-order chi connectivity index (χ0) is 17.7. The lowest BCUT2D eigenvalue weighted by atomic mass is 9.81. The quantitative estimate of drug-likeness (QED) is 0.803. The first-order valence-corrected chi connectivity index (χ1v) is 8.73. The van der Waals surface area contributed by atoms with Crippen molar-refractivity contribution in [3.63, 3.8) is 0 Å². The number of hydrogen-bond donors (Lipinski definition) is 1. The minimum atomic E-state index is -0.437. The highest BCUT2D eigenvalue weighted by Crippen LogP contribution is 2.31. The Bertz CT molecular complexity index is 610. The van der Waals surface area contributed by atoms with E-state index in [4.69, 9.17) is 0 Å². The first kappa shape index (κ1) is 18.5. The zero-order valence-electron chi connectivity index (χ0n) is 15.3. The fourth-order valence-electron chi connectivity index (χ4n) is 3.55. The van der Waals surface area contributed by atoms with Gasteiger partial charge in [-0.3, -0.25) is 4.79 Å². The molecule has 1 aromatic carbocycles. The summed E-state index contributed by atoms with van der Waals surface area (Å²) in [5, 5.41) is 3.57. The molecule has 1 aliphatic heterocycles. The van der Waals surface area contributed by atoms with E-state index in [0.29, 0.717) is 19.4 Å². The Kier molecular flexibility index (Phi) is 6.00. The first-order valence-electron chi connectivity index (χ1n) is 8.73. The number of piperazine rings is 1. The van der Waals surface area contributed by atoms with Gasteiger partial charge in [0.15, 0.2) is 0 Å². The molecule has 0 spiro atoms. The normalized spacial score (nSPS) is 18.3. The Hall–Kier alpha value is -1.87. The molecular formula is C21H30N2O. The van der Waals surface area contributed by atoms with Gasteiger partial charge in [-0.05, 0) is 37.8 Å². The third kappa shape index (κ3) is 3.96. The summed E-state index contributed by atoms with van der Waals surface area (Å²) in [6.07, 6.45) is 5.03. The van der Waals surface area contributed by atoms with Gasteiger partial charge in [-0.15, -0.1) is 13.2 Å². The number of amides is 1. The van der Waals surface area contributed by atoms with E-state index in [1.54, 1.807) is 0 Å². The number of rotatable bonds is 6. The topological polar surface area (TPSA) is 32.3 Å². The highest BCUT2D eigenvalue weighted by Gasteiger charge is 2.36. The van der Waals surface area contributed by atoms with Crippen LogP contribution in [0.1, 0.15) is 42.5 Å². The second kappa shape index (κ2) is 7.80. The van der Waals surface area contributed by atoms with Gasteiger partial charge in [-0.25, -0.2) is 0 Å². The predicted molar refractivity (Wildman–Crippen MR) is 101 cm³/mol. The van der Waals surface area contributed by atoms with E-state index in [-0.39, 0.29) is 11.9 Å². The largest absolute Gasteiger partial charge is 0.339 e. The molecule has 1 N–H and O–H groups in total. The number of nitrogens with zero attached hydrogens (tertiary/aromatic N) is 1. The van der Waals surface area contributed by atoms with Gasteiger partial charge in [0, 0.05) is 19.6 Å². The number of allylic oxidation sites excluding steroid dienone is 2. The third-order valence-corrected chi connectivity index (χ3v) is 4.98. The third-order valence-electron chi connectivity index (χ3n) is 4.98. The summed E-state index contributed by atoms with van der Waals surface area (Å²) in [5.41, 5.74) is 3.38. The van der Waals surface area contributed by atoms with Gasteiger partial charge in [0.05, 0.1) is 11.5 Å². The molecule has 2 rings (SSSR count). The van der Waals surface area contributed by atoms with Crippen LogP contribution in [0.3, 0.4) is 0 Å². The maximum Gasteiger partial charge on any atom is 0.229 e. The second-order valence-corrected chi connectivity index (χ2v) is 7.16. The molecule has 1 unspecified atom stereocenters. The molecule has 0 bridgehead atoms. The van der Waals surface area contributed by atoms with Crippen LogP contribution < -0.4 is 5.32 Å². The van der Waals surface area contributed by atoms with Crippen LogP contribution in [0.2, 0.25) is 0 Å². The highest BCUT2D eigenvalue weighted by atomic mass is 16.2. The number of hydrogen-bond acceptors (Lipinski definition) is 2. The van der Waals surface area contributed by atoms with Crippen molar-refractivity contribution in [2.24, 2.45) is 5.41 Å². The van der Waals surface area contributed by atoms with Crippen molar-refractivity contribution in [3.05, 3.63) is 60.2 Å². The van der Waals surface area contributed by atoms with E-state index < -0.39 is 5.41 Å². The molecule has 1 heterocycles. The smallest absolute Gasteiger partial charge is 0.229 e. The molecule has 1 amide bonds. The van der Waals surface area contributed by atoms with Crippen molar-refractivity contribution in [3.8, 4) is 0 Å². The van der Waals surface area contributed by atoms with E-state index in [0.717, 1.165) is 13.1 Å². The predicted octanol–water partition coefficient (Wildman–Crippen LogP) is 3.93. The SMILES string of the molecule is C=CCC(C)(CC=C)C(=O)N1CCNC(c2cc(C)ccc2C)C1. The van der Waals surface area contributed by atoms with Gasteiger partial charge in [-0.2, -0.15) is 0 Å². The number of carbonyl (C=O) groups is 1. The van der Waals surface area contributed by atoms with E-state index in [1.165, 1.54) is 16.7 Å². The Labute approximate surface area is 146 Å². The molecule has 0 aliphatic carbocycles. The van der Waals surface area contributed by atoms with E-state index >= 15 is 0 Å². The molecule has 1 saturated heterocycles. The molecule has 3 heteroatoms. The van der Waals surface area contributed by atoms with Crippen LogP contribution >= 0.6 is 0 Å². The summed E-state index contributed by atoms with van der Waals surface area (Å²) in [4.78, 5) is 15.1. The summed E-state index contributed by atoms with van der Waals surface area (Å²) in [5.74, 6) is 0.208. The minimum Gasteiger partial charge on any atom is -0.339 e. The van der Waals surface area contributed by atoms with Crippen molar-refractivity contribution in [2.45, 2.75) is 39.7 Å². The molecule has 1 aliphatic rings. The maximum absolute atomic E-state index is 13.1. The van der Waals surface area contributed by atoms with Crippen LogP contribution in [-0.4, -0.2) is 30.4 Å². The van der Waals surface area contributed by atoms with E-state index in [9.17, 15) is 4.79 Å². The summed E-state index contributed by atoms with van der Waals surface area (Å²) < 4.78 is 0. The lowest BCUT2D eigenvalue weighted by Gasteiger charge is -2.39. The number of aryl methyl sites for hydroxylation is 2. The van der Waals surface area contributed by atoms with Crippen molar-refractivity contribution < 1.29 is 4.79 Å². The molecule has 0 radical (unpaired) electrons. The van der Waals surface area contributed by atoms with Gasteiger partial charge in [-0.1, -0.05) is 42.8 Å². The van der Waals surface area contributed by atoms with Crippen molar-refractivity contribution in [1.29, 1.82) is 0 Å². The van der Waals surface area contributed by atoms with Crippen LogP contribution in [0.5, 0.6) is 0 Å². The first-order chi connectivity index (χ1) is 11.4. The van der Waals surface area contributed by atoms with E-state index in [2.05, 4.69) is 50.5 Å². The van der Waals surface area contributed by atoms with Crippen LogP contribution in [-0.2, 0) is 4.79 Å². The van der Waals surface area contributed by atoms with Gasteiger partial charge >= 0.3 is 0 Å². The Morgan fingerprint density at radius 2 is 2.00 bits per heavy atom. The fourth-order valence-corrected chi connectivity index (χ4v) is 3.55. The van der Waals surface area contributed by atoms with Gasteiger partial charge in [0.2, 0.25) is 5.91 Å². The fraction of sp³-hybridized carbons (Fsp3) is 0.476. The molecule has 3 nitrogen and oxygen atoms in total. The average molecular weight is 326 g/mol. The maximum atomic E-state index is 13.1. The standard InChI is InChI=1S/C21H30N2O/c1-6-10-21(5,11-7-2)20(24)23-13-12-22-19(15-23)18-14-16(3)8-9-17(18)4/h6-9,14,19,22H,1-2,10-13,15H2,3-5H3. The van der Waals surface area contributed by atoms with Gasteiger partial charge in [0.1, 0.15) is 0 Å². The molecule has 0 saturated carbocycles. The summed E-state index contributed by atoms with van der Waals surface area (Å²) in [6.45, 7) is 16.2. The molecule has 24 heavy (non-hydrogen) atoms. The van der Waals surface area contributed by atoms with Crippen LogP contribution in [0.4, 0.5) is 0 Å². The Morgan fingerprint density at radius 1 is 1.33 bits per heavy atom. The molecule has 130 valence electrons. The number of carbonyl (C=O) groups excluding carboxylic acids is 1. The van der Waals surface area contributed by atoms with Crippen LogP contribution in [0.25, 0.3) is 0 Å². The summed E-state index contributed by atoms with van der Waals surface area (Å²) >= 11 is 0. The minimum absolute atomic E-state index is 0.194. The lowest BCUT2D eigenvalue weighted by molar-refractivity contribution is -0.142. The van der Waals surface area contributed by atoms with Gasteiger partial charge in [0.25, 0.3) is 0 Å². The Morgan fingerprint density at radius 3 is 2.62 bits per heavy atom. The number of nitrogens with one attached hydrogen (secondary N) is 1. The molecule has 0 aromatic heterocycles. The van der Waals surface area contributed by atoms with Crippen molar-refractivity contribution in [2.75, 3.05) is 19.6 Å². The molecule has 1 aromatic rings. The van der Waals surface area contributed by atoms with Crippen LogP contribution in [0.15, 0.2) is 43.5 Å². The molecule has 1 fully saturated rings. The number of benzene rings is 1. The molecular weight excluding hydrogens is 296 g/mol. The monoisotopic (exact) mass is 326 g/mol. The van der Waals surface area contributed by atoms with E-state index in [1.807, 2.05) is 24.0 Å². The van der Waals surface area contributed by atoms with Crippen LogP contribution in [0, 0.1) is 19.3 Å². The highest BCUT2D eigenvalue weighted by molar-refractivity contribution is 5.83. The van der Waals surface area contributed by atoms with Crippen molar-refractivity contribution in [1.82, 2.24) is 10.2 Å². The van der Waals surface area contributed by atoms with Gasteiger partial charge < -0.3 is 10.2 Å². The Balaban J connectivity index is 2.20. The lowest BCUT2D eigenvalue weighted by Crippen LogP contribution is -2.52.